The van der Waals surface area contributed by atoms with E-state index in [1.54, 1.807) is 11.8 Å². The fraction of sp³-hybridized carbons (Fsp3) is 0.778. The molecule has 0 spiro atoms. The molecule has 1 fully saturated rings. The third-order valence-corrected chi connectivity index (χ3v) is 3.20. The van der Waals surface area contributed by atoms with Crippen LogP contribution >= 0.6 is 11.8 Å². The van der Waals surface area contributed by atoms with E-state index < -0.39 is 0 Å². The molecule has 0 atom stereocenters. The zero-order valence-electron chi connectivity index (χ0n) is 8.95. The Labute approximate surface area is 90.0 Å². The summed E-state index contributed by atoms with van der Waals surface area (Å²) in [5.74, 6) is 0. The number of hydrogen-bond acceptors (Lipinski definition) is 4. The van der Waals surface area contributed by atoms with E-state index in [4.69, 9.17) is 14.4 Å². The standard InChI is InChI=1S/C9H17BO3S/c1-4-8(14-3)10-12-6-9(2,5-11)7-13-10/h4,11H,5-7H2,1-3H3/b8-4-. The minimum absolute atomic E-state index is 0.101. The number of aliphatic hydroxyl groups is 1. The first kappa shape index (κ1) is 12.1. The third kappa shape index (κ3) is 2.76. The van der Waals surface area contributed by atoms with Gasteiger partial charge in [-0.1, -0.05) is 13.0 Å². The van der Waals surface area contributed by atoms with Crippen molar-refractivity contribution in [3.05, 3.63) is 10.9 Å². The quantitative estimate of drug-likeness (QED) is 0.722. The summed E-state index contributed by atoms with van der Waals surface area (Å²) in [6, 6.07) is 0. The Morgan fingerprint density at radius 3 is 2.50 bits per heavy atom. The molecule has 0 aliphatic carbocycles. The molecule has 0 aromatic heterocycles. The largest absolute Gasteiger partial charge is 0.500 e. The van der Waals surface area contributed by atoms with Crippen LogP contribution in [0.15, 0.2) is 10.9 Å². The molecule has 0 aromatic rings. The molecule has 3 nitrogen and oxygen atoms in total. The van der Waals surface area contributed by atoms with E-state index in [1.807, 2.05) is 26.2 Å². The number of allylic oxidation sites excluding steroid dienone is 1. The maximum atomic E-state index is 9.11. The van der Waals surface area contributed by atoms with Crippen molar-refractivity contribution in [1.29, 1.82) is 0 Å². The van der Waals surface area contributed by atoms with Gasteiger partial charge in [-0.25, -0.2) is 0 Å². The first-order chi connectivity index (χ1) is 6.65. The van der Waals surface area contributed by atoms with Crippen molar-refractivity contribution >= 4 is 18.9 Å². The molecule has 0 unspecified atom stereocenters. The molecule has 1 aliphatic rings. The fourth-order valence-electron chi connectivity index (χ4n) is 1.25. The predicted molar refractivity (Wildman–Crippen MR) is 60.1 cm³/mol. The van der Waals surface area contributed by atoms with Gasteiger partial charge in [-0.2, -0.15) is 0 Å². The topological polar surface area (TPSA) is 38.7 Å². The normalized spacial score (nSPS) is 22.6. The third-order valence-electron chi connectivity index (χ3n) is 2.30. The van der Waals surface area contributed by atoms with Crippen molar-refractivity contribution < 1.29 is 14.4 Å². The monoisotopic (exact) mass is 216 g/mol. The average Bonchev–Trinajstić information content (AvgIpc) is 2.23. The van der Waals surface area contributed by atoms with Crippen molar-refractivity contribution in [3.8, 4) is 0 Å². The molecule has 1 rings (SSSR count). The Morgan fingerprint density at radius 1 is 1.57 bits per heavy atom. The SMILES string of the molecule is C/C=C(\SC)B1OCC(C)(CO)CO1. The molecule has 0 amide bonds. The van der Waals surface area contributed by atoms with E-state index in [9.17, 15) is 0 Å². The summed E-state index contributed by atoms with van der Waals surface area (Å²) in [5, 5.41) is 9.11. The predicted octanol–water partition coefficient (Wildman–Crippen LogP) is 1.33. The highest BCUT2D eigenvalue weighted by atomic mass is 32.2. The summed E-state index contributed by atoms with van der Waals surface area (Å²) in [6.07, 6.45) is 4.00. The van der Waals surface area contributed by atoms with Gasteiger partial charge in [-0.15, -0.1) is 11.8 Å². The molecule has 1 aliphatic heterocycles. The van der Waals surface area contributed by atoms with Crippen molar-refractivity contribution in [2.75, 3.05) is 26.1 Å². The highest BCUT2D eigenvalue weighted by Crippen LogP contribution is 2.27. The number of hydrogen-bond donors (Lipinski definition) is 1. The number of thioether (sulfide) groups is 1. The van der Waals surface area contributed by atoms with Crippen LogP contribution in [0, 0.1) is 5.41 Å². The Bertz CT molecular complexity index is 212. The van der Waals surface area contributed by atoms with Crippen molar-refractivity contribution in [3.63, 3.8) is 0 Å². The number of rotatable bonds is 3. The van der Waals surface area contributed by atoms with Crippen molar-refractivity contribution in [2.45, 2.75) is 13.8 Å². The average molecular weight is 216 g/mol. The van der Waals surface area contributed by atoms with Gasteiger partial charge in [0.25, 0.3) is 0 Å². The second kappa shape index (κ2) is 5.21. The minimum Gasteiger partial charge on any atom is -0.406 e. The molecule has 0 radical (unpaired) electrons. The lowest BCUT2D eigenvalue weighted by Crippen LogP contribution is -2.45. The van der Waals surface area contributed by atoms with E-state index in [-0.39, 0.29) is 19.1 Å². The molecular formula is C9H17BO3S. The fourth-order valence-corrected chi connectivity index (χ4v) is 1.81. The second-order valence-electron chi connectivity index (χ2n) is 3.82. The van der Waals surface area contributed by atoms with Gasteiger partial charge < -0.3 is 14.4 Å². The Kier molecular flexibility index (Phi) is 4.51. The molecular weight excluding hydrogens is 199 g/mol. The van der Waals surface area contributed by atoms with Crippen LogP contribution in [0.5, 0.6) is 0 Å². The lowest BCUT2D eigenvalue weighted by molar-refractivity contribution is -0.0153. The van der Waals surface area contributed by atoms with E-state index in [0.29, 0.717) is 13.2 Å². The van der Waals surface area contributed by atoms with Gasteiger partial charge in [-0.05, 0) is 13.2 Å². The number of aliphatic hydroxyl groups excluding tert-OH is 1. The van der Waals surface area contributed by atoms with Crippen LogP contribution in [-0.4, -0.2) is 38.3 Å². The van der Waals surface area contributed by atoms with Crippen LogP contribution in [0.1, 0.15) is 13.8 Å². The van der Waals surface area contributed by atoms with E-state index in [1.165, 1.54) is 0 Å². The maximum absolute atomic E-state index is 9.11. The van der Waals surface area contributed by atoms with Gasteiger partial charge in [-0.3, -0.25) is 0 Å². The zero-order valence-corrected chi connectivity index (χ0v) is 9.76. The molecule has 1 heterocycles. The van der Waals surface area contributed by atoms with E-state index >= 15 is 0 Å². The highest BCUT2D eigenvalue weighted by Gasteiger charge is 2.36. The summed E-state index contributed by atoms with van der Waals surface area (Å²) in [5.41, 5.74) is -0.242. The van der Waals surface area contributed by atoms with E-state index in [2.05, 4.69) is 0 Å². The van der Waals surface area contributed by atoms with Gasteiger partial charge in [0, 0.05) is 23.4 Å². The summed E-state index contributed by atoms with van der Waals surface area (Å²) in [6.45, 7) is 5.12. The van der Waals surface area contributed by atoms with Crippen LogP contribution in [0.3, 0.4) is 0 Å². The van der Waals surface area contributed by atoms with Gasteiger partial charge in [0.2, 0.25) is 0 Å². The lowest BCUT2D eigenvalue weighted by Gasteiger charge is -2.35. The molecule has 5 heteroatoms. The van der Waals surface area contributed by atoms with Crippen molar-refractivity contribution in [2.24, 2.45) is 5.41 Å². The van der Waals surface area contributed by atoms with Gasteiger partial charge in [0.05, 0.1) is 6.61 Å². The lowest BCUT2D eigenvalue weighted by atomic mass is 9.82. The molecule has 1 N–H and O–H groups in total. The highest BCUT2D eigenvalue weighted by molar-refractivity contribution is 8.04. The van der Waals surface area contributed by atoms with Crippen LogP contribution in [-0.2, 0) is 9.31 Å². The van der Waals surface area contributed by atoms with Crippen LogP contribution in [0.25, 0.3) is 0 Å². The molecule has 0 saturated carbocycles. The zero-order chi connectivity index (χ0) is 10.6. The smallest absolute Gasteiger partial charge is 0.406 e. The molecule has 1 saturated heterocycles. The summed E-state index contributed by atoms with van der Waals surface area (Å²) in [7, 11) is -0.241. The summed E-state index contributed by atoms with van der Waals surface area (Å²) >= 11 is 1.63. The van der Waals surface area contributed by atoms with Gasteiger partial charge >= 0.3 is 7.12 Å². The first-order valence-electron chi connectivity index (χ1n) is 4.69. The van der Waals surface area contributed by atoms with E-state index in [0.717, 1.165) is 4.80 Å². The molecule has 0 bridgehead atoms. The van der Waals surface area contributed by atoms with Gasteiger partial charge in [0.1, 0.15) is 0 Å². The molecule has 80 valence electrons. The minimum atomic E-state index is -0.242. The van der Waals surface area contributed by atoms with Crippen LogP contribution < -0.4 is 0 Å². The Hall–Kier alpha value is 0.0349. The molecule has 14 heavy (non-hydrogen) atoms. The van der Waals surface area contributed by atoms with Crippen LogP contribution in [0.2, 0.25) is 0 Å². The van der Waals surface area contributed by atoms with Gasteiger partial charge in [0.15, 0.2) is 0 Å². The molecule has 0 aromatic carbocycles. The maximum Gasteiger partial charge on any atom is 0.500 e. The first-order valence-corrected chi connectivity index (χ1v) is 5.92. The van der Waals surface area contributed by atoms with Crippen LogP contribution in [0.4, 0.5) is 0 Å². The second-order valence-corrected chi connectivity index (χ2v) is 4.70. The summed E-state index contributed by atoms with van der Waals surface area (Å²) in [4.78, 5) is 1.09. The Balaban J connectivity index is 2.50. The summed E-state index contributed by atoms with van der Waals surface area (Å²) < 4.78 is 11.1. The Morgan fingerprint density at radius 2 is 2.14 bits per heavy atom. The van der Waals surface area contributed by atoms with Crippen molar-refractivity contribution in [1.82, 2.24) is 0 Å².